The molecule has 5 N–H and O–H groups in total. The van der Waals surface area contributed by atoms with E-state index >= 15 is 0 Å². The van der Waals surface area contributed by atoms with Crippen LogP contribution >= 0.6 is 0 Å². The largest absolute Gasteiger partial charge is 0.481 e. The lowest BCUT2D eigenvalue weighted by atomic mass is 10.1. The lowest BCUT2D eigenvalue weighted by molar-refractivity contribution is -0.137. The topological polar surface area (TPSA) is 157 Å². The van der Waals surface area contributed by atoms with E-state index < -0.39 is 5.97 Å². The molecule has 0 heterocycles. The van der Waals surface area contributed by atoms with Gasteiger partial charge in [-0.25, -0.2) is 0 Å². The zero-order valence-corrected chi connectivity index (χ0v) is 23.9. The molecule has 0 radical (unpaired) electrons. The number of hydrogen-bond acceptors (Lipinski definition) is 7. The summed E-state index contributed by atoms with van der Waals surface area (Å²) in [6, 6.07) is 0. The maximum Gasteiger partial charge on any atom is 0.303 e. The van der Waals surface area contributed by atoms with Gasteiger partial charge in [0.2, 0.25) is 17.7 Å². The summed E-state index contributed by atoms with van der Waals surface area (Å²) in [6.45, 7) is 10.3. The van der Waals surface area contributed by atoms with Crippen molar-refractivity contribution in [2.45, 2.75) is 90.4 Å². The van der Waals surface area contributed by atoms with Crippen LogP contribution in [0.25, 0.3) is 0 Å². The lowest BCUT2D eigenvalue weighted by Gasteiger charge is -2.23. The Hall–Kier alpha value is -2.95. The number of carbonyl (C=O) groups excluding carboxylic acids is 4. The first-order valence-corrected chi connectivity index (χ1v) is 14.4. The van der Waals surface area contributed by atoms with Crippen molar-refractivity contribution in [3.63, 3.8) is 0 Å². The van der Waals surface area contributed by atoms with Crippen LogP contribution in [0.1, 0.15) is 90.4 Å². The average Bonchev–Trinajstić information content (AvgIpc) is 2.90. The first kappa shape index (κ1) is 36.0. The molecule has 11 nitrogen and oxygen atoms in total. The molecule has 0 aromatic heterocycles. The van der Waals surface area contributed by atoms with Gasteiger partial charge in [0.05, 0.1) is 0 Å². The highest BCUT2D eigenvalue weighted by Gasteiger charge is 2.10. The number of carbonyl (C=O) groups is 5. The van der Waals surface area contributed by atoms with E-state index in [9.17, 15) is 24.0 Å². The predicted octanol–water partition coefficient (Wildman–Crippen LogP) is 2.12. The van der Waals surface area contributed by atoms with Crippen LogP contribution in [0.15, 0.2) is 12.3 Å². The highest BCUT2D eigenvalue weighted by molar-refractivity contribution is 5.77. The molecule has 0 aliphatic rings. The molecule has 0 spiro atoms. The van der Waals surface area contributed by atoms with Crippen molar-refractivity contribution in [3.8, 4) is 0 Å². The SMILES string of the molecule is C=C(CCN(CCCCCCC)CCC(=O)NCCNC(=O)CCCC(=O)O)NCCNC(=O)CCCC=O. The molecule has 0 aliphatic carbocycles. The molecule has 0 atom stereocenters. The van der Waals surface area contributed by atoms with Crippen LogP contribution in [0, 0.1) is 0 Å². The molecular weight excluding hydrogens is 502 g/mol. The molecule has 0 saturated heterocycles. The van der Waals surface area contributed by atoms with Crippen molar-refractivity contribution in [2.75, 3.05) is 45.8 Å². The summed E-state index contributed by atoms with van der Waals surface area (Å²) in [4.78, 5) is 58.8. The van der Waals surface area contributed by atoms with Crippen molar-refractivity contribution >= 4 is 30.0 Å². The molecule has 0 aromatic carbocycles. The third kappa shape index (κ3) is 25.1. The number of aldehydes is 1. The summed E-state index contributed by atoms with van der Waals surface area (Å²) in [6.07, 6.45) is 9.51. The number of hydrogen-bond donors (Lipinski definition) is 5. The summed E-state index contributed by atoms with van der Waals surface area (Å²) in [5.74, 6) is -1.28. The van der Waals surface area contributed by atoms with Crippen LogP contribution in [0.5, 0.6) is 0 Å². The smallest absolute Gasteiger partial charge is 0.303 e. The first-order chi connectivity index (χ1) is 18.8. The third-order valence-electron chi connectivity index (χ3n) is 6.07. The van der Waals surface area contributed by atoms with Gasteiger partial charge in [-0.1, -0.05) is 39.2 Å². The fourth-order valence-electron chi connectivity index (χ4n) is 3.77. The Labute approximate surface area is 233 Å². The fourth-order valence-corrected chi connectivity index (χ4v) is 3.77. The van der Waals surface area contributed by atoms with Gasteiger partial charge < -0.3 is 36.1 Å². The minimum absolute atomic E-state index is 0.0366. The van der Waals surface area contributed by atoms with Crippen molar-refractivity contribution in [1.29, 1.82) is 0 Å². The molecule has 0 fully saturated rings. The maximum atomic E-state index is 12.3. The molecule has 0 aliphatic heterocycles. The highest BCUT2D eigenvalue weighted by Crippen LogP contribution is 2.06. The van der Waals surface area contributed by atoms with Crippen molar-refractivity contribution in [3.05, 3.63) is 12.3 Å². The Kier molecular flexibility index (Phi) is 23.4. The Morgan fingerprint density at radius 1 is 0.667 bits per heavy atom. The molecule has 39 heavy (non-hydrogen) atoms. The number of unbranched alkanes of at least 4 members (excludes halogenated alkanes) is 5. The molecule has 11 heteroatoms. The van der Waals surface area contributed by atoms with E-state index in [4.69, 9.17) is 5.11 Å². The van der Waals surface area contributed by atoms with Gasteiger partial charge in [0.25, 0.3) is 0 Å². The van der Waals surface area contributed by atoms with E-state index in [2.05, 4.69) is 39.7 Å². The van der Waals surface area contributed by atoms with Gasteiger partial charge in [-0.05, 0) is 32.2 Å². The Bertz CT molecular complexity index is 731. The normalized spacial score (nSPS) is 10.6. The van der Waals surface area contributed by atoms with Gasteiger partial charge in [-0.2, -0.15) is 0 Å². The Morgan fingerprint density at radius 3 is 1.79 bits per heavy atom. The molecule has 0 rings (SSSR count). The molecule has 0 unspecified atom stereocenters. The molecular formula is C28H51N5O6. The van der Waals surface area contributed by atoms with Crippen molar-refractivity contribution in [2.24, 2.45) is 0 Å². The molecule has 0 saturated carbocycles. The summed E-state index contributed by atoms with van der Waals surface area (Å²) >= 11 is 0. The summed E-state index contributed by atoms with van der Waals surface area (Å²) in [5.41, 5.74) is 0.879. The summed E-state index contributed by atoms with van der Waals surface area (Å²) in [7, 11) is 0. The predicted molar refractivity (Wildman–Crippen MR) is 152 cm³/mol. The summed E-state index contributed by atoms with van der Waals surface area (Å²) in [5, 5.41) is 20.2. The zero-order chi connectivity index (χ0) is 29.1. The second kappa shape index (κ2) is 25.3. The van der Waals surface area contributed by atoms with E-state index in [0.29, 0.717) is 64.8 Å². The van der Waals surface area contributed by atoms with E-state index in [-0.39, 0.29) is 30.6 Å². The van der Waals surface area contributed by atoms with Gasteiger partial charge in [0, 0.05) is 77.1 Å². The average molecular weight is 554 g/mol. The maximum absolute atomic E-state index is 12.3. The number of amides is 3. The fraction of sp³-hybridized carbons (Fsp3) is 0.750. The van der Waals surface area contributed by atoms with E-state index in [0.717, 1.165) is 44.3 Å². The first-order valence-electron chi connectivity index (χ1n) is 14.4. The monoisotopic (exact) mass is 553 g/mol. The third-order valence-corrected chi connectivity index (χ3v) is 6.07. The molecule has 0 bridgehead atoms. The van der Waals surface area contributed by atoms with Gasteiger partial charge in [0.15, 0.2) is 0 Å². The number of aliphatic carboxylic acids is 1. The molecule has 0 aromatic rings. The van der Waals surface area contributed by atoms with Crippen molar-refractivity contribution < 1.29 is 29.1 Å². The van der Waals surface area contributed by atoms with Crippen LogP contribution in [0.2, 0.25) is 0 Å². The van der Waals surface area contributed by atoms with Crippen LogP contribution in [-0.4, -0.2) is 85.8 Å². The van der Waals surface area contributed by atoms with Crippen LogP contribution in [0.3, 0.4) is 0 Å². The quantitative estimate of drug-likeness (QED) is 0.0765. The standard InChI is InChI=1S/C28H51N5O6/c1-3-4-5-6-8-20-33(21-14-24(2)29-16-17-30-25(35)11-7-9-23-34)22-15-27(37)32-19-18-31-26(36)12-10-13-28(38)39/h23,29H,2-22H2,1H3,(H,30,35)(H,31,36)(H,32,37)(H,38,39). The second-order valence-corrected chi connectivity index (χ2v) is 9.64. The minimum atomic E-state index is -0.921. The minimum Gasteiger partial charge on any atom is -0.481 e. The number of nitrogens with one attached hydrogen (secondary N) is 4. The number of rotatable bonds is 27. The van der Waals surface area contributed by atoms with E-state index in [1.165, 1.54) is 19.3 Å². The lowest BCUT2D eigenvalue weighted by Crippen LogP contribution is -2.37. The number of nitrogens with zero attached hydrogens (tertiary/aromatic N) is 1. The van der Waals surface area contributed by atoms with Crippen LogP contribution in [-0.2, 0) is 24.0 Å². The van der Waals surface area contributed by atoms with Crippen molar-refractivity contribution in [1.82, 2.24) is 26.2 Å². The van der Waals surface area contributed by atoms with Crippen LogP contribution in [0.4, 0.5) is 0 Å². The van der Waals surface area contributed by atoms with Gasteiger partial charge >= 0.3 is 5.97 Å². The second-order valence-electron chi connectivity index (χ2n) is 9.64. The molecule has 224 valence electrons. The Balaban J connectivity index is 4.25. The molecule has 3 amide bonds. The number of carboxylic acid groups (broad SMARTS) is 1. The summed E-state index contributed by atoms with van der Waals surface area (Å²) < 4.78 is 0. The van der Waals surface area contributed by atoms with E-state index in [1.54, 1.807) is 0 Å². The van der Waals surface area contributed by atoms with Gasteiger partial charge in [-0.15, -0.1) is 0 Å². The Morgan fingerprint density at radius 2 is 1.21 bits per heavy atom. The highest BCUT2D eigenvalue weighted by atomic mass is 16.4. The zero-order valence-electron chi connectivity index (χ0n) is 23.9. The van der Waals surface area contributed by atoms with Gasteiger partial charge in [0.1, 0.15) is 6.29 Å². The number of carboxylic acids is 1. The van der Waals surface area contributed by atoms with Crippen LogP contribution < -0.4 is 21.3 Å². The van der Waals surface area contributed by atoms with Gasteiger partial charge in [-0.3, -0.25) is 19.2 Å². The van der Waals surface area contributed by atoms with E-state index in [1.807, 2.05) is 0 Å².